The van der Waals surface area contributed by atoms with E-state index in [0.717, 1.165) is 0 Å². The van der Waals surface area contributed by atoms with Crippen molar-refractivity contribution in [3.63, 3.8) is 0 Å². The highest BCUT2D eigenvalue weighted by molar-refractivity contribution is 5.97. The molecule has 0 fully saturated rings. The van der Waals surface area contributed by atoms with Crippen molar-refractivity contribution in [3.05, 3.63) is 41.7 Å². The number of nitrogens with zero attached hydrogens (tertiary/aromatic N) is 3. The molecular weight excluding hydrogens is 272 g/mol. The minimum Gasteiger partial charge on any atom is -0.396 e. The number of amides is 1. The number of aliphatic hydroxyl groups excluding tert-OH is 1. The Labute approximate surface area is 121 Å². The standard InChI is InChI=1S/C14H16N4O3/c1-10(20)11-3-2-4-12(7-11)15-14(21)9-18-8-13(5-6-19)16-17-18/h2-4,7-8,19H,5-6,9H2,1H3,(H,15,21). The molecule has 0 bridgehead atoms. The van der Waals surface area contributed by atoms with Gasteiger partial charge in [0.05, 0.1) is 5.69 Å². The van der Waals surface area contributed by atoms with Crippen LogP contribution in [0.5, 0.6) is 0 Å². The smallest absolute Gasteiger partial charge is 0.246 e. The first-order valence-electron chi connectivity index (χ1n) is 6.49. The number of hydrogen-bond acceptors (Lipinski definition) is 5. The molecule has 0 unspecified atom stereocenters. The highest BCUT2D eigenvalue weighted by Gasteiger charge is 2.07. The molecule has 2 aromatic rings. The van der Waals surface area contributed by atoms with E-state index >= 15 is 0 Å². The zero-order chi connectivity index (χ0) is 15.2. The Morgan fingerprint density at radius 3 is 2.90 bits per heavy atom. The molecule has 7 nitrogen and oxygen atoms in total. The molecule has 21 heavy (non-hydrogen) atoms. The van der Waals surface area contributed by atoms with Gasteiger partial charge in [0.1, 0.15) is 6.54 Å². The van der Waals surface area contributed by atoms with Gasteiger partial charge in [-0.2, -0.15) is 0 Å². The lowest BCUT2D eigenvalue weighted by Crippen LogP contribution is -2.19. The normalized spacial score (nSPS) is 10.4. The predicted octanol–water partition coefficient (Wildman–Crippen LogP) is 0.654. The number of hydrogen-bond donors (Lipinski definition) is 2. The van der Waals surface area contributed by atoms with Crippen molar-refractivity contribution in [2.75, 3.05) is 11.9 Å². The molecular formula is C14H16N4O3. The number of nitrogens with one attached hydrogen (secondary N) is 1. The molecule has 1 amide bonds. The number of carbonyl (C=O) groups is 2. The van der Waals surface area contributed by atoms with Crippen LogP contribution in [-0.2, 0) is 17.8 Å². The third kappa shape index (κ3) is 4.22. The predicted molar refractivity (Wildman–Crippen MR) is 75.9 cm³/mol. The number of anilines is 1. The Morgan fingerprint density at radius 2 is 2.19 bits per heavy atom. The number of aromatic nitrogens is 3. The van der Waals surface area contributed by atoms with Crippen LogP contribution in [0.3, 0.4) is 0 Å². The molecule has 0 aliphatic heterocycles. The number of benzene rings is 1. The molecule has 2 rings (SSSR count). The lowest BCUT2D eigenvalue weighted by molar-refractivity contribution is -0.116. The van der Waals surface area contributed by atoms with E-state index in [1.54, 1.807) is 30.5 Å². The molecule has 0 radical (unpaired) electrons. The summed E-state index contributed by atoms with van der Waals surface area (Å²) < 4.78 is 1.40. The van der Waals surface area contributed by atoms with Crippen molar-refractivity contribution in [2.45, 2.75) is 19.9 Å². The van der Waals surface area contributed by atoms with Crippen molar-refractivity contribution in [2.24, 2.45) is 0 Å². The maximum Gasteiger partial charge on any atom is 0.246 e. The molecule has 0 aliphatic carbocycles. The fraction of sp³-hybridized carbons (Fsp3) is 0.286. The number of ketones is 1. The second-order valence-electron chi connectivity index (χ2n) is 4.57. The third-order valence-corrected chi connectivity index (χ3v) is 2.81. The summed E-state index contributed by atoms with van der Waals surface area (Å²) in [4.78, 5) is 23.2. The summed E-state index contributed by atoms with van der Waals surface area (Å²) in [6.07, 6.45) is 2.02. The van der Waals surface area contributed by atoms with Gasteiger partial charge in [0.15, 0.2) is 5.78 Å². The van der Waals surface area contributed by atoms with E-state index in [1.165, 1.54) is 11.6 Å². The van der Waals surface area contributed by atoms with E-state index in [2.05, 4.69) is 15.6 Å². The van der Waals surface area contributed by atoms with Crippen molar-refractivity contribution in [1.82, 2.24) is 15.0 Å². The van der Waals surface area contributed by atoms with Crippen LogP contribution >= 0.6 is 0 Å². The Bertz CT molecular complexity index is 651. The summed E-state index contributed by atoms with van der Waals surface area (Å²) in [5, 5.41) is 19.1. The highest BCUT2D eigenvalue weighted by atomic mass is 16.3. The van der Waals surface area contributed by atoms with Crippen molar-refractivity contribution >= 4 is 17.4 Å². The van der Waals surface area contributed by atoms with E-state index in [-0.39, 0.29) is 24.8 Å². The average molecular weight is 288 g/mol. The van der Waals surface area contributed by atoms with Gasteiger partial charge in [-0.05, 0) is 19.1 Å². The number of aliphatic hydroxyl groups is 1. The molecule has 7 heteroatoms. The monoisotopic (exact) mass is 288 g/mol. The molecule has 110 valence electrons. The van der Waals surface area contributed by atoms with Crippen LogP contribution in [0.1, 0.15) is 23.0 Å². The molecule has 1 heterocycles. The van der Waals surface area contributed by atoms with Crippen LogP contribution in [0.25, 0.3) is 0 Å². The summed E-state index contributed by atoms with van der Waals surface area (Å²) >= 11 is 0. The van der Waals surface area contributed by atoms with Crippen LogP contribution < -0.4 is 5.32 Å². The Balaban J connectivity index is 1.97. The molecule has 1 aromatic heterocycles. The summed E-state index contributed by atoms with van der Waals surface area (Å²) in [6.45, 7) is 1.48. The van der Waals surface area contributed by atoms with Gasteiger partial charge >= 0.3 is 0 Å². The number of carbonyl (C=O) groups excluding carboxylic acids is 2. The van der Waals surface area contributed by atoms with Crippen molar-refractivity contribution in [3.8, 4) is 0 Å². The SMILES string of the molecule is CC(=O)c1cccc(NC(=O)Cn2cc(CCO)nn2)c1. The zero-order valence-corrected chi connectivity index (χ0v) is 11.6. The first-order valence-corrected chi connectivity index (χ1v) is 6.49. The van der Waals surface area contributed by atoms with Gasteiger partial charge in [-0.3, -0.25) is 9.59 Å². The summed E-state index contributed by atoms with van der Waals surface area (Å²) in [7, 11) is 0. The second kappa shape index (κ2) is 6.76. The fourth-order valence-electron chi connectivity index (χ4n) is 1.81. The number of rotatable bonds is 6. The van der Waals surface area contributed by atoms with E-state index in [0.29, 0.717) is 23.4 Å². The molecule has 0 atom stereocenters. The lowest BCUT2D eigenvalue weighted by Gasteiger charge is -2.06. The molecule has 0 saturated heterocycles. The Morgan fingerprint density at radius 1 is 1.38 bits per heavy atom. The summed E-state index contributed by atoms with van der Waals surface area (Å²) in [5.41, 5.74) is 1.73. The van der Waals surface area contributed by atoms with Gasteiger partial charge < -0.3 is 10.4 Å². The van der Waals surface area contributed by atoms with Gasteiger partial charge in [0, 0.05) is 30.5 Å². The van der Waals surface area contributed by atoms with Gasteiger partial charge in [-0.25, -0.2) is 4.68 Å². The van der Waals surface area contributed by atoms with Crippen molar-refractivity contribution < 1.29 is 14.7 Å². The minimum absolute atomic E-state index is 0.0112. The highest BCUT2D eigenvalue weighted by Crippen LogP contribution is 2.11. The third-order valence-electron chi connectivity index (χ3n) is 2.81. The van der Waals surface area contributed by atoms with E-state index in [9.17, 15) is 9.59 Å². The van der Waals surface area contributed by atoms with E-state index < -0.39 is 0 Å². The Kier molecular flexibility index (Phi) is 4.78. The average Bonchev–Trinajstić information content (AvgIpc) is 2.86. The maximum atomic E-state index is 11.9. The van der Waals surface area contributed by atoms with Crippen molar-refractivity contribution in [1.29, 1.82) is 0 Å². The molecule has 0 aliphatic rings. The lowest BCUT2D eigenvalue weighted by atomic mass is 10.1. The number of Topliss-reactive ketones (excluding diaryl/α,β-unsaturated/α-hetero) is 1. The van der Waals surface area contributed by atoms with E-state index in [4.69, 9.17) is 5.11 Å². The first-order chi connectivity index (χ1) is 10.1. The second-order valence-corrected chi connectivity index (χ2v) is 4.57. The van der Waals surface area contributed by atoms with Crippen LogP contribution in [0, 0.1) is 0 Å². The minimum atomic E-state index is -0.267. The van der Waals surface area contributed by atoms with Crippen LogP contribution in [0.4, 0.5) is 5.69 Å². The summed E-state index contributed by atoms with van der Waals surface area (Å²) in [5.74, 6) is -0.327. The van der Waals surface area contributed by atoms with Gasteiger partial charge in [0.25, 0.3) is 0 Å². The fourth-order valence-corrected chi connectivity index (χ4v) is 1.81. The Hall–Kier alpha value is -2.54. The molecule has 2 N–H and O–H groups in total. The van der Waals surface area contributed by atoms with Gasteiger partial charge in [-0.1, -0.05) is 17.3 Å². The van der Waals surface area contributed by atoms with Gasteiger partial charge in [-0.15, -0.1) is 5.10 Å². The topological polar surface area (TPSA) is 97.1 Å². The molecule has 1 aromatic carbocycles. The van der Waals surface area contributed by atoms with Crippen LogP contribution in [-0.4, -0.2) is 38.4 Å². The molecule has 0 saturated carbocycles. The van der Waals surface area contributed by atoms with Crippen LogP contribution in [0.2, 0.25) is 0 Å². The largest absolute Gasteiger partial charge is 0.396 e. The molecule has 0 spiro atoms. The maximum absolute atomic E-state index is 11.9. The summed E-state index contributed by atoms with van der Waals surface area (Å²) in [6, 6.07) is 6.74. The van der Waals surface area contributed by atoms with E-state index in [1.807, 2.05) is 0 Å². The van der Waals surface area contributed by atoms with Crippen LogP contribution in [0.15, 0.2) is 30.5 Å². The first kappa shape index (κ1) is 14.9. The quantitative estimate of drug-likeness (QED) is 0.761. The van der Waals surface area contributed by atoms with Gasteiger partial charge in [0.2, 0.25) is 5.91 Å². The zero-order valence-electron chi connectivity index (χ0n) is 11.6.